The fourth-order valence-electron chi connectivity index (χ4n) is 4.34. The van der Waals surface area contributed by atoms with Crippen molar-refractivity contribution in [2.24, 2.45) is 5.73 Å². The van der Waals surface area contributed by atoms with Crippen LogP contribution in [0, 0.1) is 12.7 Å². The van der Waals surface area contributed by atoms with Gasteiger partial charge in [0.15, 0.2) is 0 Å². The van der Waals surface area contributed by atoms with Crippen LogP contribution in [0.1, 0.15) is 41.7 Å². The maximum atomic E-state index is 14.3. The monoisotopic (exact) mass is 431 g/mol. The number of carbonyl (C=O) groups is 2. The first-order valence-electron chi connectivity index (χ1n) is 10.6. The minimum absolute atomic E-state index is 0.126. The molecule has 4 N–H and O–H groups in total. The van der Waals surface area contributed by atoms with E-state index in [0.717, 1.165) is 57.6 Å². The number of nitrogens with zero attached hydrogens (tertiary/aromatic N) is 2. The topological polar surface area (TPSA) is 113 Å². The standard InChI is InChI=1S/C21H27FN4O2.CH3NO/c1-14-3-2-4-18(22)19(14)17-13-23-25-20(17)21(27)24-15-5-9-26(10-6-15)16-7-11-28-12-8-16;2-1-3/h2-4,13,15-16H,5-12H2,1H3,(H,23,25)(H,24,27);1H,(H2,2,3). The number of hydrogen-bond acceptors (Lipinski definition) is 5. The van der Waals surface area contributed by atoms with Gasteiger partial charge in [0.1, 0.15) is 11.5 Å². The Kier molecular flexibility index (Phi) is 8.13. The number of nitrogens with one attached hydrogen (secondary N) is 2. The smallest absolute Gasteiger partial charge is 0.270 e. The fraction of sp³-hybridized carbons (Fsp3) is 0.500. The molecule has 2 aromatic rings. The third kappa shape index (κ3) is 5.68. The van der Waals surface area contributed by atoms with Gasteiger partial charge in [-0.05, 0) is 44.2 Å². The third-order valence-corrected chi connectivity index (χ3v) is 5.93. The van der Waals surface area contributed by atoms with E-state index in [0.29, 0.717) is 22.9 Å². The van der Waals surface area contributed by atoms with Crippen molar-refractivity contribution in [1.29, 1.82) is 0 Å². The molecule has 4 rings (SSSR count). The number of hydrogen-bond donors (Lipinski definition) is 3. The lowest BCUT2D eigenvalue weighted by atomic mass is 9.98. The molecular formula is C22H30FN5O3. The van der Waals surface area contributed by atoms with Crippen molar-refractivity contribution in [2.75, 3.05) is 26.3 Å². The second-order valence-corrected chi connectivity index (χ2v) is 7.85. The van der Waals surface area contributed by atoms with Crippen molar-refractivity contribution in [3.63, 3.8) is 0 Å². The normalized spacial score (nSPS) is 18.1. The largest absolute Gasteiger partial charge is 0.381 e. The Bertz CT molecular complexity index is 854. The minimum atomic E-state index is -0.347. The summed E-state index contributed by atoms with van der Waals surface area (Å²) in [6.07, 6.45) is 5.80. The fourth-order valence-corrected chi connectivity index (χ4v) is 4.34. The number of rotatable bonds is 4. The number of halogens is 1. The van der Waals surface area contributed by atoms with Crippen molar-refractivity contribution < 1.29 is 18.7 Å². The van der Waals surface area contributed by atoms with Crippen molar-refractivity contribution in [3.05, 3.63) is 41.5 Å². The molecule has 3 heterocycles. The van der Waals surface area contributed by atoms with E-state index in [-0.39, 0.29) is 24.2 Å². The van der Waals surface area contributed by atoms with E-state index < -0.39 is 0 Å². The summed E-state index contributed by atoms with van der Waals surface area (Å²) in [5, 5.41) is 9.86. The number of piperidine rings is 1. The first-order chi connectivity index (χ1) is 15.0. The Morgan fingerprint density at radius 1 is 1.29 bits per heavy atom. The number of aromatic amines is 1. The number of primary amides is 1. The Balaban J connectivity index is 0.000000858. The number of amides is 2. The summed E-state index contributed by atoms with van der Waals surface area (Å²) in [5.74, 6) is -0.570. The number of nitrogens with two attached hydrogens (primary N) is 1. The van der Waals surface area contributed by atoms with Crippen LogP contribution in [0.4, 0.5) is 4.39 Å². The van der Waals surface area contributed by atoms with E-state index in [1.807, 2.05) is 13.0 Å². The van der Waals surface area contributed by atoms with E-state index in [1.165, 1.54) is 12.3 Å². The number of ether oxygens (including phenoxy) is 1. The molecular weight excluding hydrogens is 401 g/mol. The van der Waals surface area contributed by atoms with E-state index >= 15 is 0 Å². The van der Waals surface area contributed by atoms with Crippen LogP contribution in [0.5, 0.6) is 0 Å². The molecule has 0 radical (unpaired) electrons. The molecule has 0 bridgehead atoms. The van der Waals surface area contributed by atoms with Crippen LogP contribution in [0.3, 0.4) is 0 Å². The summed E-state index contributed by atoms with van der Waals surface area (Å²) in [7, 11) is 0. The Labute approximate surface area is 181 Å². The highest BCUT2D eigenvalue weighted by molar-refractivity contribution is 5.99. The van der Waals surface area contributed by atoms with Crippen LogP contribution in [0.25, 0.3) is 11.1 Å². The molecule has 2 fully saturated rings. The van der Waals surface area contributed by atoms with E-state index in [1.54, 1.807) is 6.07 Å². The maximum Gasteiger partial charge on any atom is 0.270 e. The SMILES string of the molecule is Cc1cccc(F)c1-c1cn[nH]c1C(=O)NC1CCN(C2CCOCC2)CC1.NC=O. The highest BCUT2D eigenvalue weighted by atomic mass is 19.1. The van der Waals surface area contributed by atoms with Crippen molar-refractivity contribution in [1.82, 2.24) is 20.4 Å². The molecule has 168 valence electrons. The van der Waals surface area contributed by atoms with Gasteiger partial charge in [-0.2, -0.15) is 5.10 Å². The van der Waals surface area contributed by atoms with E-state index in [4.69, 9.17) is 9.53 Å². The number of H-pyrrole nitrogens is 1. The zero-order valence-corrected chi connectivity index (χ0v) is 17.8. The number of aromatic nitrogens is 2. The van der Waals surface area contributed by atoms with Gasteiger partial charge in [-0.25, -0.2) is 4.39 Å². The molecule has 31 heavy (non-hydrogen) atoms. The summed E-state index contributed by atoms with van der Waals surface area (Å²) < 4.78 is 19.8. The molecule has 2 amide bonds. The van der Waals surface area contributed by atoms with Crippen LogP contribution in [0.15, 0.2) is 24.4 Å². The van der Waals surface area contributed by atoms with Crippen LogP contribution < -0.4 is 11.1 Å². The molecule has 0 spiro atoms. The zero-order valence-electron chi connectivity index (χ0n) is 17.8. The lowest BCUT2D eigenvalue weighted by Crippen LogP contribution is -2.49. The summed E-state index contributed by atoms with van der Waals surface area (Å²) in [6.45, 7) is 5.49. The summed E-state index contributed by atoms with van der Waals surface area (Å²) in [4.78, 5) is 23.9. The molecule has 0 saturated carbocycles. The number of benzene rings is 1. The van der Waals surface area contributed by atoms with Gasteiger partial charge < -0.3 is 20.7 Å². The maximum absolute atomic E-state index is 14.3. The molecule has 0 atom stereocenters. The van der Waals surface area contributed by atoms with Crippen molar-refractivity contribution in [2.45, 2.75) is 44.7 Å². The lowest BCUT2D eigenvalue weighted by Gasteiger charge is -2.39. The number of aryl methyl sites for hydroxylation is 1. The van der Waals surface area contributed by atoms with Crippen molar-refractivity contribution >= 4 is 12.3 Å². The molecule has 9 heteroatoms. The summed E-state index contributed by atoms with van der Waals surface area (Å²) >= 11 is 0. The molecule has 1 aromatic carbocycles. The first-order valence-corrected chi connectivity index (χ1v) is 10.6. The summed E-state index contributed by atoms with van der Waals surface area (Å²) in [5.41, 5.74) is 6.20. The van der Waals surface area contributed by atoms with Gasteiger partial charge in [0, 0.05) is 49.5 Å². The van der Waals surface area contributed by atoms with Crippen LogP contribution in [-0.2, 0) is 9.53 Å². The van der Waals surface area contributed by atoms with E-state index in [2.05, 4.69) is 26.1 Å². The Hall–Kier alpha value is -2.78. The predicted octanol–water partition coefficient (Wildman–Crippen LogP) is 2.00. The van der Waals surface area contributed by atoms with Gasteiger partial charge in [0.05, 0.1) is 6.20 Å². The second-order valence-electron chi connectivity index (χ2n) is 7.85. The number of carbonyl (C=O) groups excluding carboxylic acids is 2. The van der Waals surface area contributed by atoms with Gasteiger partial charge in [-0.15, -0.1) is 0 Å². The van der Waals surface area contributed by atoms with E-state index in [9.17, 15) is 9.18 Å². The van der Waals surface area contributed by atoms with Crippen LogP contribution in [-0.4, -0.2) is 65.8 Å². The Morgan fingerprint density at radius 2 is 1.97 bits per heavy atom. The van der Waals surface area contributed by atoms with Crippen molar-refractivity contribution in [3.8, 4) is 11.1 Å². The van der Waals surface area contributed by atoms with Gasteiger partial charge in [0.25, 0.3) is 5.91 Å². The van der Waals surface area contributed by atoms with Gasteiger partial charge in [0.2, 0.25) is 6.41 Å². The Morgan fingerprint density at radius 3 is 2.61 bits per heavy atom. The highest BCUT2D eigenvalue weighted by Crippen LogP contribution is 2.28. The molecule has 0 unspecified atom stereocenters. The minimum Gasteiger partial charge on any atom is -0.381 e. The summed E-state index contributed by atoms with van der Waals surface area (Å²) in [6, 6.07) is 5.64. The zero-order chi connectivity index (χ0) is 22.2. The van der Waals surface area contributed by atoms with Crippen LogP contribution in [0.2, 0.25) is 0 Å². The second kappa shape index (κ2) is 11.0. The average Bonchev–Trinajstić information content (AvgIpc) is 3.25. The first kappa shape index (κ1) is 22.9. The molecule has 2 aliphatic heterocycles. The number of likely N-dealkylation sites (tertiary alicyclic amines) is 1. The van der Waals surface area contributed by atoms with Gasteiger partial charge >= 0.3 is 0 Å². The quantitative estimate of drug-likeness (QED) is 0.641. The lowest BCUT2D eigenvalue weighted by molar-refractivity contribution is -0.106. The molecule has 2 aliphatic rings. The third-order valence-electron chi connectivity index (χ3n) is 5.93. The van der Waals surface area contributed by atoms with Crippen LogP contribution >= 0.6 is 0 Å². The molecule has 1 aromatic heterocycles. The van der Waals surface area contributed by atoms with Gasteiger partial charge in [-0.1, -0.05) is 12.1 Å². The predicted molar refractivity (Wildman–Crippen MR) is 115 cm³/mol. The molecule has 8 nitrogen and oxygen atoms in total. The van der Waals surface area contributed by atoms with Gasteiger partial charge in [-0.3, -0.25) is 14.7 Å². The molecule has 2 saturated heterocycles. The highest BCUT2D eigenvalue weighted by Gasteiger charge is 2.28. The molecule has 0 aliphatic carbocycles. The average molecular weight is 432 g/mol.